The molecule has 19 heavy (non-hydrogen) atoms. The zero-order valence-electron chi connectivity index (χ0n) is 12.0. The zero-order valence-corrected chi connectivity index (χ0v) is 12.0. The van der Waals surface area contributed by atoms with E-state index in [0.717, 1.165) is 25.7 Å². The molecule has 1 aromatic carbocycles. The van der Waals surface area contributed by atoms with Gasteiger partial charge in [-0.1, -0.05) is 54.1 Å². The second kappa shape index (κ2) is 7.30. The minimum absolute atomic E-state index is 0.344. The first-order chi connectivity index (χ1) is 9.31. The molecule has 1 fully saturated rings. The van der Waals surface area contributed by atoms with Crippen molar-refractivity contribution in [2.75, 3.05) is 0 Å². The highest BCUT2D eigenvalue weighted by molar-refractivity contribution is 5.22. The molecule has 1 saturated heterocycles. The van der Waals surface area contributed by atoms with Gasteiger partial charge in [0, 0.05) is 0 Å². The Bertz CT molecular complexity index is 430. The van der Waals surface area contributed by atoms with Crippen molar-refractivity contribution in [3.63, 3.8) is 0 Å². The fourth-order valence-electron chi connectivity index (χ4n) is 2.36. The van der Waals surface area contributed by atoms with Crippen LogP contribution in [0.3, 0.4) is 0 Å². The predicted octanol–water partition coefficient (Wildman–Crippen LogP) is 5.21. The van der Waals surface area contributed by atoms with E-state index in [-0.39, 0.29) is 0 Å². The number of rotatable bonds is 7. The van der Waals surface area contributed by atoms with Crippen LogP contribution in [-0.4, -0.2) is 6.10 Å². The van der Waals surface area contributed by atoms with Crippen LogP contribution < -0.4 is 0 Å². The third kappa shape index (κ3) is 4.68. The second-order valence-electron chi connectivity index (χ2n) is 5.24. The molecule has 0 bridgehead atoms. The van der Waals surface area contributed by atoms with E-state index in [0.29, 0.717) is 12.2 Å². The molecule has 2 atom stereocenters. The van der Waals surface area contributed by atoms with E-state index in [1.807, 2.05) is 0 Å². The number of ether oxygens (including phenoxy) is 1. The maximum Gasteiger partial charge on any atom is 0.109 e. The van der Waals surface area contributed by atoms with E-state index in [1.54, 1.807) is 0 Å². The maximum absolute atomic E-state index is 5.76. The van der Waals surface area contributed by atoms with Crippen LogP contribution in [0.1, 0.15) is 51.2 Å². The number of hydrogen-bond donors (Lipinski definition) is 0. The van der Waals surface area contributed by atoms with Crippen LogP contribution in [0.15, 0.2) is 54.1 Å². The van der Waals surface area contributed by atoms with Crippen LogP contribution in [0, 0.1) is 0 Å². The van der Waals surface area contributed by atoms with E-state index in [4.69, 9.17) is 4.74 Å². The number of benzene rings is 1. The quantitative estimate of drug-likeness (QED) is 0.370. The molecule has 2 rings (SSSR count). The van der Waals surface area contributed by atoms with Crippen LogP contribution in [0.2, 0.25) is 0 Å². The highest BCUT2D eigenvalue weighted by atomic mass is 16.6. The minimum atomic E-state index is 0.344. The summed E-state index contributed by atoms with van der Waals surface area (Å²) in [5.41, 5.74) is 2.81. The fourth-order valence-corrected chi connectivity index (χ4v) is 2.36. The predicted molar refractivity (Wildman–Crippen MR) is 81.1 cm³/mol. The third-order valence-corrected chi connectivity index (χ3v) is 3.60. The van der Waals surface area contributed by atoms with Gasteiger partial charge in [-0.3, -0.25) is 0 Å². The second-order valence-corrected chi connectivity index (χ2v) is 5.24. The molecule has 0 spiro atoms. The first-order valence-electron chi connectivity index (χ1n) is 7.28. The molecule has 1 heterocycles. The lowest BCUT2D eigenvalue weighted by molar-refractivity contribution is 0.365. The van der Waals surface area contributed by atoms with Crippen molar-refractivity contribution < 1.29 is 4.74 Å². The molecule has 0 aliphatic carbocycles. The van der Waals surface area contributed by atoms with E-state index in [9.17, 15) is 0 Å². The van der Waals surface area contributed by atoms with Crippen LogP contribution in [0.5, 0.6) is 0 Å². The molecule has 1 aliphatic heterocycles. The average molecular weight is 256 g/mol. The summed E-state index contributed by atoms with van der Waals surface area (Å²) in [6, 6.07) is 10.5. The van der Waals surface area contributed by atoms with Gasteiger partial charge in [0.2, 0.25) is 0 Å². The SMILES string of the molecule is C/C=C/CC/C=C(\C)CC[C@@H]1O[C@@H]1c1ccccc1. The Morgan fingerprint density at radius 2 is 2.00 bits per heavy atom. The molecule has 1 aliphatic rings. The van der Waals surface area contributed by atoms with E-state index in [2.05, 4.69) is 62.4 Å². The summed E-state index contributed by atoms with van der Waals surface area (Å²) < 4.78 is 5.76. The lowest BCUT2D eigenvalue weighted by Crippen LogP contribution is -1.90. The van der Waals surface area contributed by atoms with E-state index in [1.165, 1.54) is 11.1 Å². The van der Waals surface area contributed by atoms with E-state index >= 15 is 0 Å². The highest BCUT2D eigenvalue weighted by Gasteiger charge is 2.39. The normalized spacial score (nSPS) is 22.9. The molecular weight excluding hydrogens is 232 g/mol. The topological polar surface area (TPSA) is 12.5 Å². The Hall–Kier alpha value is -1.34. The standard InChI is InChI=1S/C18H24O/c1-3-4-5-7-10-15(2)13-14-17-18(19-17)16-11-8-6-9-12-16/h3-4,6,8-12,17-18H,5,7,13-14H2,1-2H3/b4-3+,15-10+/t17-,18+/m0/s1. The molecule has 0 N–H and O–H groups in total. The number of unbranched alkanes of at least 4 members (excludes halogenated alkanes) is 1. The van der Waals surface area contributed by atoms with Gasteiger partial charge in [-0.15, -0.1) is 0 Å². The number of hydrogen-bond acceptors (Lipinski definition) is 1. The molecule has 1 aromatic rings. The smallest absolute Gasteiger partial charge is 0.109 e. The minimum Gasteiger partial charge on any atom is -0.364 e. The van der Waals surface area contributed by atoms with Crippen molar-refractivity contribution in [3.8, 4) is 0 Å². The Morgan fingerprint density at radius 1 is 1.21 bits per heavy atom. The van der Waals surface area contributed by atoms with Gasteiger partial charge in [-0.2, -0.15) is 0 Å². The Labute approximate surface area is 117 Å². The molecule has 0 saturated carbocycles. The van der Waals surface area contributed by atoms with Gasteiger partial charge in [-0.25, -0.2) is 0 Å². The van der Waals surface area contributed by atoms with Gasteiger partial charge >= 0.3 is 0 Å². The highest BCUT2D eigenvalue weighted by Crippen LogP contribution is 2.41. The summed E-state index contributed by atoms with van der Waals surface area (Å²) in [6.45, 7) is 4.31. The molecule has 0 aromatic heterocycles. The molecule has 0 unspecified atom stereocenters. The monoisotopic (exact) mass is 256 g/mol. The van der Waals surface area contributed by atoms with Gasteiger partial charge in [-0.05, 0) is 45.1 Å². The molecule has 0 amide bonds. The van der Waals surface area contributed by atoms with Crippen LogP contribution in [0.25, 0.3) is 0 Å². The Kier molecular flexibility index (Phi) is 5.41. The summed E-state index contributed by atoms with van der Waals surface area (Å²) >= 11 is 0. The number of epoxide rings is 1. The van der Waals surface area contributed by atoms with Crippen molar-refractivity contribution >= 4 is 0 Å². The molecule has 0 radical (unpaired) electrons. The summed E-state index contributed by atoms with van der Waals surface area (Å²) in [4.78, 5) is 0. The van der Waals surface area contributed by atoms with E-state index < -0.39 is 0 Å². The van der Waals surface area contributed by atoms with Gasteiger partial charge in [0.25, 0.3) is 0 Å². The first-order valence-corrected chi connectivity index (χ1v) is 7.28. The van der Waals surface area contributed by atoms with Crippen molar-refractivity contribution in [1.82, 2.24) is 0 Å². The largest absolute Gasteiger partial charge is 0.364 e. The van der Waals surface area contributed by atoms with Crippen molar-refractivity contribution in [1.29, 1.82) is 0 Å². The summed E-state index contributed by atoms with van der Waals surface area (Å²) in [7, 11) is 0. The van der Waals surface area contributed by atoms with Crippen LogP contribution in [-0.2, 0) is 4.74 Å². The van der Waals surface area contributed by atoms with Gasteiger partial charge < -0.3 is 4.74 Å². The summed E-state index contributed by atoms with van der Waals surface area (Å²) in [6.07, 6.45) is 12.1. The lowest BCUT2D eigenvalue weighted by Gasteiger charge is -1.99. The molecule has 1 nitrogen and oxygen atoms in total. The third-order valence-electron chi connectivity index (χ3n) is 3.60. The average Bonchev–Trinajstić information content (AvgIpc) is 3.22. The van der Waals surface area contributed by atoms with Gasteiger partial charge in [0.05, 0.1) is 6.10 Å². The van der Waals surface area contributed by atoms with Gasteiger partial charge in [0.15, 0.2) is 0 Å². The first kappa shape index (κ1) is 14.1. The summed E-state index contributed by atoms with van der Waals surface area (Å²) in [5, 5.41) is 0. The van der Waals surface area contributed by atoms with Crippen LogP contribution in [0.4, 0.5) is 0 Å². The van der Waals surface area contributed by atoms with Crippen molar-refractivity contribution in [2.45, 2.75) is 51.7 Å². The van der Waals surface area contributed by atoms with Gasteiger partial charge in [0.1, 0.15) is 6.10 Å². The lowest BCUT2D eigenvalue weighted by atomic mass is 10.0. The molecule has 1 heteroatoms. The maximum atomic E-state index is 5.76. The van der Waals surface area contributed by atoms with Crippen molar-refractivity contribution in [3.05, 3.63) is 59.7 Å². The van der Waals surface area contributed by atoms with Crippen molar-refractivity contribution in [2.24, 2.45) is 0 Å². The fraction of sp³-hybridized carbons (Fsp3) is 0.444. The Morgan fingerprint density at radius 3 is 2.74 bits per heavy atom. The van der Waals surface area contributed by atoms with Crippen LogP contribution >= 0.6 is 0 Å². The number of allylic oxidation sites excluding steroid dienone is 4. The molecular formula is C18H24O. The molecule has 102 valence electrons. The summed E-state index contributed by atoms with van der Waals surface area (Å²) in [5.74, 6) is 0. The zero-order chi connectivity index (χ0) is 13.5. The Balaban J connectivity index is 1.67.